The van der Waals surface area contributed by atoms with Crippen molar-refractivity contribution in [3.8, 4) is 0 Å². The molecule has 2 fully saturated rings. The van der Waals surface area contributed by atoms with E-state index >= 15 is 0 Å². The van der Waals surface area contributed by atoms with E-state index in [9.17, 15) is 9.59 Å². The van der Waals surface area contributed by atoms with Crippen molar-refractivity contribution in [1.29, 1.82) is 0 Å². The highest BCUT2D eigenvalue weighted by Crippen LogP contribution is 2.09. The summed E-state index contributed by atoms with van der Waals surface area (Å²) in [7, 11) is 0. The number of hydrogen-bond donors (Lipinski definition) is 1. The molecule has 1 N–H and O–H groups in total. The molecule has 0 aliphatic carbocycles. The Morgan fingerprint density at radius 1 is 1.10 bits per heavy atom. The van der Waals surface area contributed by atoms with E-state index in [0.29, 0.717) is 32.2 Å². The van der Waals surface area contributed by atoms with Crippen LogP contribution in [0.25, 0.3) is 0 Å². The summed E-state index contributed by atoms with van der Waals surface area (Å²) in [5.41, 5.74) is 0. The molecule has 0 saturated carbocycles. The van der Waals surface area contributed by atoms with Crippen molar-refractivity contribution in [2.75, 3.05) is 45.9 Å². The lowest BCUT2D eigenvalue weighted by Gasteiger charge is -2.24. The van der Waals surface area contributed by atoms with Crippen LogP contribution in [0.15, 0.2) is 0 Å². The minimum atomic E-state index is 0.0959. The van der Waals surface area contributed by atoms with Gasteiger partial charge in [0.1, 0.15) is 0 Å². The lowest BCUT2D eigenvalue weighted by Crippen LogP contribution is -2.37. The van der Waals surface area contributed by atoms with Gasteiger partial charge in [-0.25, -0.2) is 0 Å². The van der Waals surface area contributed by atoms with Crippen LogP contribution >= 0.6 is 0 Å². The van der Waals surface area contributed by atoms with E-state index in [1.54, 1.807) is 6.92 Å². The predicted octanol–water partition coefficient (Wildman–Crippen LogP) is 0.226. The Morgan fingerprint density at radius 3 is 2.48 bits per heavy atom. The van der Waals surface area contributed by atoms with Crippen molar-refractivity contribution in [1.82, 2.24) is 15.1 Å². The number of rotatable bonds is 4. The highest BCUT2D eigenvalue weighted by Gasteiger charge is 2.20. The van der Waals surface area contributed by atoms with Crippen molar-refractivity contribution in [3.63, 3.8) is 0 Å². The molecule has 2 heterocycles. The van der Waals surface area contributed by atoms with Crippen LogP contribution in [0.1, 0.15) is 32.6 Å². The van der Waals surface area contributed by atoms with Crippen molar-refractivity contribution in [2.24, 2.45) is 0 Å². The average molecular weight is 297 g/mol. The Kier molecular flexibility index (Phi) is 6.45. The van der Waals surface area contributed by atoms with Gasteiger partial charge in [-0.3, -0.25) is 9.59 Å². The molecule has 0 unspecified atom stereocenters. The molecule has 0 aromatic heterocycles. The first-order chi connectivity index (χ1) is 10.2. The molecule has 6 heteroatoms. The third kappa shape index (κ3) is 5.28. The quantitative estimate of drug-likeness (QED) is 0.807. The molecular formula is C15H27N3O3. The highest BCUT2D eigenvalue weighted by atomic mass is 16.5. The topological polar surface area (TPSA) is 61.9 Å². The average Bonchev–Trinajstić information content (AvgIpc) is 2.74. The number of ether oxygens (including phenoxy) is 1. The summed E-state index contributed by atoms with van der Waals surface area (Å²) in [5.74, 6) is 0.243. The highest BCUT2D eigenvalue weighted by molar-refractivity contribution is 5.77. The summed E-state index contributed by atoms with van der Waals surface area (Å²) in [5, 5.41) is 3.30. The van der Waals surface area contributed by atoms with Gasteiger partial charge in [0, 0.05) is 33.1 Å². The van der Waals surface area contributed by atoms with E-state index in [2.05, 4.69) is 5.32 Å². The van der Waals surface area contributed by atoms with Gasteiger partial charge in [0.05, 0.1) is 19.1 Å². The zero-order valence-corrected chi connectivity index (χ0v) is 13.0. The SMILES string of the molecule is CC(=O)N1CCCN(C(=O)CCOC2CCNCC2)CC1. The Bertz CT molecular complexity index is 356. The van der Waals surface area contributed by atoms with Gasteiger partial charge in [-0.15, -0.1) is 0 Å². The van der Waals surface area contributed by atoms with Crippen LogP contribution in [0.3, 0.4) is 0 Å². The zero-order valence-electron chi connectivity index (χ0n) is 13.0. The maximum Gasteiger partial charge on any atom is 0.224 e. The van der Waals surface area contributed by atoms with Gasteiger partial charge < -0.3 is 19.9 Å². The largest absolute Gasteiger partial charge is 0.378 e. The molecule has 21 heavy (non-hydrogen) atoms. The van der Waals surface area contributed by atoms with Gasteiger partial charge in [0.15, 0.2) is 0 Å². The number of nitrogens with zero attached hydrogens (tertiary/aromatic N) is 2. The van der Waals surface area contributed by atoms with Crippen LogP contribution in [0.4, 0.5) is 0 Å². The smallest absolute Gasteiger partial charge is 0.224 e. The van der Waals surface area contributed by atoms with Crippen molar-refractivity contribution < 1.29 is 14.3 Å². The molecule has 0 spiro atoms. The monoisotopic (exact) mass is 297 g/mol. The molecule has 0 bridgehead atoms. The molecule has 2 aliphatic heterocycles. The number of piperidine rings is 1. The van der Waals surface area contributed by atoms with Gasteiger partial charge >= 0.3 is 0 Å². The molecule has 2 saturated heterocycles. The Balaban J connectivity index is 1.66. The Hall–Kier alpha value is -1.14. The van der Waals surface area contributed by atoms with E-state index in [1.165, 1.54) is 0 Å². The summed E-state index contributed by atoms with van der Waals surface area (Å²) in [6, 6.07) is 0. The maximum absolute atomic E-state index is 12.2. The molecule has 0 atom stereocenters. The molecule has 0 aromatic carbocycles. The van der Waals surface area contributed by atoms with Crippen molar-refractivity contribution >= 4 is 11.8 Å². The normalized spacial score (nSPS) is 21.2. The van der Waals surface area contributed by atoms with Gasteiger partial charge in [0.25, 0.3) is 0 Å². The van der Waals surface area contributed by atoms with Crippen LogP contribution in [-0.4, -0.2) is 73.6 Å². The minimum Gasteiger partial charge on any atom is -0.378 e. The van der Waals surface area contributed by atoms with Gasteiger partial charge in [-0.1, -0.05) is 0 Å². The number of hydrogen-bond acceptors (Lipinski definition) is 4. The van der Waals surface area contributed by atoms with Gasteiger partial charge in [-0.05, 0) is 32.4 Å². The fourth-order valence-corrected chi connectivity index (χ4v) is 2.91. The summed E-state index contributed by atoms with van der Waals surface area (Å²) >= 11 is 0. The van der Waals surface area contributed by atoms with E-state index < -0.39 is 0 Å². The Labute approximate surface area is 126 Å². The van der Waals surface area contributed by atoms with Crippen LogP contribution in [0.5, 0.6) is 0 Å². The fraction of sp³-hybridized carbons (Fsp3) is 0.867. The van der Waals surface area contributed by atoms with Gasteiger partial charge in [-0.2, -0.15) is 0 Å². The van der Waals surface area contributed by atoms with Crippen molar-refractivity contribution in [3.05, 3.63) is 0 Å². The maximum atomic E-state index is 12.2. The lowest BCUT2D eigenvalue weighted by molar-refractivity contribution is -0.134. The summed E-state index contributed by atoms with van der Waals surface area (Å²) in [4.78, 5) is 27.3. The van der Waals surface area contributed by atoms with Crippen LogP contribution < -0.4 is 5.32 Å². The third-order valence-corrected chi connectivity index (χ3v) is 4.25. The number of carbonyl (C=O) groups excluding carboxylic acids is 2. The van der Waals surface area contributed by atoms with Crippen LogP contribution in [-0.2, 0) is 14.3 Å². The molecule has 0 radical (unpaired) electrons. The number of carbonyl (C=O) groups is 2. The lowest BCUT2D eigenvalue weighted by atomic mass is 10.1. The molecule has 2 amide bonds. The molecule has 2 aliphatic rings. The second kappa shape index (κ2) is 8.34. The summed E-state index contributed by atoms with van der Waals surface area (Å²) in [6.07, 6.45) is 3.68. The fourth-order valence-electron chi connectivity index (χ4n) is 2.91. The molecular weight excluding hydrogens is 270 g/mol. The number of nitrogens with one attached hydrogen (secondary N) is 1. The van der Waals surface area contributed by atoms with E-state index in [-0.39, 0.29) is 11.8 Å². The first-order valence-corrected chi connectivity index (χ1v) is 8.02. The van der Waals surface area contributed by atoms with E-state index in [1.807, 2.05) is 9.80 Å². The third-order valence-electron chi connectivity index (χ3n) is 4.25. The minimum absolute atomic E-state index is 0.0959. The summed E-state index contributed by atoms with van der Waals surface area (Å²) < 4.78 is 5.78. The van der Waals surface area contributed by atoms with E-state index in [0.717, 1.165) is 45.4 Å². The van der Waals surface area contributed by atoms with Gasteiger partial charge in [0.2, 0.25) is 11.8 Å². The van der Waals surface area contributed by atoms with Crippen molar-refractivity contribution in [2.45, 2.75) is 38.7 Å². The van der Waals surface area contributed by atoms with Crippen LogP contribution in [0, 0.1) is 0 Å². The predicted molar refractivity (Wildman–Crippen MR) is 79.9 cm³/mol. The second-order valence-electron chi connectivity index (χ2n) is 5.81. The zero-order chi connectivity index (χ0) is 15.1. The first-order valence-electron chi connectivity index (χ1n) is 8.02. The molecule has 120 valence electrons. The van der Waals surface area contributed by atoms with E-state index in [4.69, 9.17) is 4.74 Å². The first kappa shape index (κ1) is 16.2. The standard InChI is InChI=1S/C15H27N3O3/c1-13(19)17-8-2-9-18(11-10-17)15(20)5-12-21-14-3-6-16-7-4-14/h14,16H,2-12H2,1H3. The Morgan fingerprint density at radius 2 is 1.76 bits per heavy atom. The molecule has 0 aromatic rings. The summed E-state index contributed by atoms with van der Waals surface area (Å²) in [6.45, 7) is 6.90. The molecule has 6 nitrogen and oxygen atoms in total. The van der Waals surface area contributed by atoms with Crippen LogP contribution in [0.2, 0.25) is 0 Å². The molecule has 2 rings (SSSR count). The number of amides is 2. The second-order valence-corrected chi connectivity index (χ2v) is 5.81.